The molecule has 3 atom stereocenters. The van der Waals surface area contributed by atoms with Gasteiger partial charge in [-0.15, -0.1) is 0 Å². The summed E-state index contributed by atoms with van der Waals surface area (Å²) in [5.74, 6) is 0.337. The molecule has 1 fully saturated rings. The maximum atomic E-state index is 11.7. The number of rotatable bonds is 2. The van der Waals surface area contributed by atoms with Crippen LogP contribution in [0.3, 0.4) is 0 Å². The molecule has 0 aliphatic heterocycles. The van der Waals surface area contributed by atoms with Gasteiger partial charge in [0.1, 0.15) is 5.78 Å². The summed E-state index contributed by atoms with van der Waals surface area (Å²) in [5.41, 5.74) is 1.03. The van der Waals surface area contributed by atoms with Gasteiger partial charge < -0.3 is 5.11 Å². The second-order valence-corrected chi connectivity index (χ2v) is 4.12. The SMILES string of the molecule is C=C(C)C1CCC(C)C(=O)C1CO. The molecular weight excluding hydrogens is 164 g/mol. The molecule has 1 N–H and O–H groups in total. The van der Waals surface area contributed by atoms with E-state index in [-0.39, 0.29) is 30.1 Å². The van der Waals surface area contributed by atoms with Crippen molar-refractivity contribution in [2.75, 3.05) is 6.61 Å². The van der Waals surface area contributed by atoms with Crippen LogP contribution in [0.4, 0.5) is 0 Å². The molecule has 0 heterocycles. The number of Topliss-reactive ketones (excluding diaryl/α,β-unsaturated/α-hetero) is 1. The number of hydrogen-bond acceptors (Lipinski definition) is 2. The first kappa shape index (κ1) is 10.5. The van der Waals surface area contributed by atoms with Crippen LogP contribution in [0, 0.1) is 17.8 Å². The molecule has 1 aliphatic carbocycles. The molecule has 2 nitrogen and oxygen atoms in total. The van der Waals surface area contributed by atoms with Crippen molar-refractivity contribution in [1.82, 2.24) is 0 Å². The minimum absolute atomic E-state index is 0.0271. The summed E-state index contributed by atoms with van der Waals surface area (Å²) in [6.45, 7) is 7.73. The first-order valence-corrected chi connectivity index (χ1v) is 4.88. The maximum Gasteiger partial charge on any atom is 0.141 e. The zero-order chi connectivity index (χ0) is 10.0. The summed E-state index contributed by atoms with van der Waals surface area (Å²) in [4.78, 5) is 11.7. The summed E-state index contributed by atoms with van der Waals surface area (Å²) in [5, 5.41) is 9.14. The number of ketones is 1. The Balaban J connectivity index is 2.77. The predicted octanol–water partition coefficient (Wildman–Crippen LogP) is 1.79. The van der Waals surface area contributed by atoms with Gasteiger partial charge in [0, 0.05) is 11.8 Å². The Bertz CT molecular complexity index is 220. The molecule has 0 aromatic rings. The second kappa shape index (κ2) is 4.05. The van der Waals surface area contributed by atoms with E-state index in [2.05, 4.69) is 6.58 Å². The zero-order valence-electron chi connectivity index (χ0n) is 8.42. The highest BCUT2D eigenvalue weighted by Crippen LogP contribution is 2.34. The van der Waals surface area contributed by atoms with E-state index in [0.717, 1.165) is 18.4 Å². The highest BCUT2D eigenvalue weighted by Gasteiger charge is 2.35. The van der Waals surface area contributed by atoms with Gasteiger partial charge in [-0.25, -0.2) is 0 Å². The normalized spacial score (nSPS) is 34.7. The van der Waals surface area contributed by atoms with Gasteiger partial charge >= 0.3 is 0 Å². The topological polar surface area (TPSA) is 37.3 Å². The van der Waals surface area contributed by atoms with Crippen molar-refractivity contribution >= 4 is 5.78 Å². The van der Waals surface area contributed by atoms with E-state index in [1.54, 1.807) is 0 Å². The van der Waals surface area contributed by atoms with Gasteiger partial charge in [0.05, 0.1) is 6.61 Å². The summed E-state index contributed by atoms with van der Waals surface area (Å²) in [7, 11) is 0. The van der Waals surface area contributed by atoms with E-state index in [1.807, 2.05) is 13.8 Å². The van der Waals surface area contributed by atoms with Crippen LogP contribution >= 0.6 is 0 Å². The number of aliphatic hydroxyl groups excluding tert-OH is 1. The van der Waals surface area contributed by atoms with Gasteiger partial charge in [-0.05, 0) is 25.7 Å². The number of hydrogen-bond donors (Lipinski definition) is 1. The Morgan fingerprint density at radius 3 is 2.69 bits per heavy atom. The van der Waals surface area contributed by atoms with Crippen LogP contribution < -0.4 is 0 Å². The molecule has 0 aromatic carbocycles. The second-order valence-electron chi connectivity index (χ2n) is 4.12. The molecule has 3 unspecified atom stereocenters. The lowest BCUT2D eigenvalue weighted by Crippen LogP contribution is -2.36. The zero-order valence-corrected chi connectivity index (χ0v) is 8.42. The van der Waals surface area contributed by atoms with Gasteiger partial charge in [-0.3, -0.25) is 4.79 Å². The third kappa shape index (κ3) is 1.99. The fourth-order valence-electron chi connectivity index (χ4n) is 2.14. The fraction of sp³-hybridized carbons (Fsp3) is 0.727. The first-order chi connectivity index (χ1) is 6.07. The minimum Gasteiger partial charge on any atom is -0.396 e. The third-order valence-electron chi connectivity index (χ3n) is 3.08. The van der Waals surface area contributed by atoms with Crippen molar-refractivity contribution in [2.45, 2.75) is 26.7 Å². The smallest absolute Gasteiger partial charge is 0.141 e. The maximum absolute atomic E-state index is 11.7. The van der Waals surface area contributed by atoms with Gasteiger partial charge in [0.25, 0.3) is 0 Å². The summed E-state index contributed by atoms with van der Waals surface area (Å²) >= 11 is 0. The van der Waals surface area contributed by atoms with E-state index < -0.39 is 0 Å². The summed E-state index contributed by atoms with van der Waals surface area (Å²) < 4.78 is 0. The Hall–Kier alpha value is -0.630. The quantitative estimate of drug-likeness (QED) is 0.661. The van der Waals surface area contributed by atoms with Crippen LogP contribution in [-0.4, -0.2) is 17.5 Å². The lowest BCUT2D eigenvalue weighted by molar-refractivity contribution is -0.131. The molecule has 0 bridgehead atoms. The Morgan fingerprint density at radius 1 is 1.62 bits per heavy atom. The van der Waals surface area contributed by atoms with Crippen LogP contribution in [0.2, 0.25) is 0 Å². The number of allylic oxidation sites excluding steroid dienone is 1. The highest BCUT2D eigenvalue weighted by atomic mass is 16.3. The summed E-state index contributed by atoms with van der Waals surface area (Å²) in [6.07, 6.45) is 1.93. The largest absolute Gasteiger partial charge is 0.396 e. The van der Waals surface area contributed by atoms with Gasteiger partial charge in [-0.2, -0.15) is 0 Å². The number of aliphatic hydroxyl groups is 1. The average molecular weight is 182 g/mol. The van der Waals surface area contributed by atoms with Crippen LogP contribution in [0.1, 0.15) is 26.7 Å². The van der Waals surface area contributed by atoms with Crippen molar-refractivity contribution in [3.05, 3.63) is 12.2 Å². The summed E-state index contributed by atoms with van der Waals surface area (Å²) in [6, 6.07) is 0. The molecule has 74 valence electrons. The van der Waals surface area contributed by atoms with E-state index >= 15 is 0 Å². The van der Waals surface area contributed by atoms with Gasteiger partial charge in [0.2, 0.25) is 0 Å². The first-order valence-electron chi connectivity index (χ1n) is 4.88. The van der Waals surface area contributed by atoms with Crippen LogP contribution in [-0.2, 0) is 4.79 Å². The van der Waals surface area contributed by atoms with Crippen molar-refractivity contribution in [3.8, 4) is 0 Å². The fourth-order valence-corrected chi connectivity index (χ4v) is 2.14. The molecule has 0 saturated heterocycles. The molecule has 1 rings (SSSR count). The Labute approximate surface area is 79.6 Å². The molecule has 2 heteroatoms. The van der Waals surface area contributed by atoms with E-state index in [0.29, 0.717) is 0 Å². The average Bonchev–Trinajstić information content (AvgIpc) is 2.09. The molecular formula is C11H18O2. The van der Waals surface area contributed by atoms with Crippen LogP contribution in [0.25, 0.3) is 0 Å². The highest BCUT2D eigenvalue weighted by molar-refractivity contribution is 5.84. The lowest BCUT2D eigenvalue weighted by Gasteiger charge is -2.32. The molecule has 13 heavy (non-hydrogen) atoms. The molecule has 1 saturated carbocycles. The molecule has 1 aliphatic rings. The number of carbonyl (C=O) groups is 1. The number of carbonyl (C=O) groups excluding carboxylic acids is 1. The van der Waals surface area contributed by atoms with Crippen LogP contribution in [0.15, 0.2) is 12.2 Å². The molecule has 0 amide bonds. The molecule has 0 aromatic heterocycles. The van der Waals surface area contributed by atoms with E-state index in [4.69, 9.17) is 5.11 Å². The minimum atomic E-state index is -0.193. The van der Waals surface area contributed by atoms with E-state index in [9.17, 15) is 4.79 Å². The van der Waals surface area contributed by atoms with Crippen molar-refractivity contribution in [1.29, 1.82) is 0 Å². The standard InChI is InChI=1S/C11H18O2/c1-7(2)9-5-4-8(3)11(13)10(9)6-12/h8-10,12H,1,4-6H2,2-3H3. The van der Waals surface area contributed by atoms with Crippen LogP contribution in [0.5, 0.6) is 0 Å². The van der Waals surface area contributed by atoms with Gasteiger partial charge in [0.15, 0.2) is 0 Å². The Morgan fingerprint density at radius 2 is 2.23 bits per heavy atom. The molecule has 0 radical (unpaired) electrons. The van der Waals surface area contributed by atoms with Gasteiger partial charge in [-0.1, -0.05) is 19.1 Å². The monoisotopic (exact) mass is 182 g/mol. The van der Waals surface area contributed by atoms with E-state index in [1.165, 1.54) is 0 Å². The Kier molecular flexibility index (Phi) is 3.26. The van der Waals surface area contributed by atoms with Crippen molar-refractivity contribution in [3.63, 3.8) is 0 Å². The third-order valence-corrected chi connectivity index (χ3v) is 3.08. The predicted molar refractivity (Wildman–Crippen MR) is 52.3 cm³/mol. The van der Waals surface area contributed by atoms with Crippen molar-refractivity contribution < 1.29 is 9.90 Å². The molecule has 0 spiro atoms. The van der Waals surface area contributed by atoms with Crippen molar-refractivity contribution in [2.24, 2.45) is 17.8 Å². The lowest BCUT2D eigenvalue weighted by atomic mass is 9.71.